The minimum Gasteiger partial charge on any atom is -0.496 e. The first kappa shape index (κ1) is 16.7. The molecule has 0 unspecified atom stereocenters. The summed E-state index contributed by atoms with van der Waals surface area (Å²) >= 11 is 1.55. The van der Waals surface area contributed by atoms with E-state index in [2.05, 4.69) is 9.97 Å². The van der Waals surface area contributed by atoms with Gasteiger partial charge in [0.1, 0.15) is 16.4 Å². The zero-order chi connectivity index (χ0) is 17.3. The number of nitrogens with one attached hydrogen (secondary N) is 1. The summed E-state index contributed by atoms with van der Waals surface area (Å²) in [6.07, 6.45) is 0.593. The molecule has 1 N–H and O–H groups in total. The summed E-state index contributed by atoms with van der Waals surface area (Å²) in [5, 5.41) is 0.656. The molecule has 126 valence electrons. The number of aryl methyl sites for hydroxylation is 2. The number of nitrogens with zero attached hydrogens (tertiary/aromatic N) is 1. The van der Waals surface area contributed by atoms with E-state index < -0.39 is 0 Å². The Morgan fingerprint density at radius 2 is 2.04 bits per heavy atom. The van der Waals surface area contributed by atoms with E-state index >= 15 is 0 Å². The minimum atomic E-state index is -0.0982. The van der Waals surface area contributed by atoms with Crippen molar-refractivity contribution in [2.24, 2.45) is 0 Å². The predicted octanol–water partition coefficient (Wildman–Crippen LogP) is 3.47. The van der Waals surface area contributed by atoms with Crippen molar-refractivity contribution in [2.75, 3.05) is 20.8 Å². The molecule has 0 bridgehead atoms. The Bertz CT molecular complexity index is 943. The topological polar surface area (TPSA) is 64.2 Å². The Hall–Kier alpha value is -2.18. The van der Waals surface area contributed by atoms with Crippen LogP contribution < -0.4 is 10.3 Å². The number of hydrogen-bond acceptors (Lipinski definition) is 5. The first-order chi connectivity index (χ1) is 11.5. The van der Waals surface area contributed by atoms with Crippen LogP contribution in [0.3, 0.4) is 0 Å². The third-order valence-corrected chi connectivity index (χ3v) is 5.01. The Kier molecular flexibility index (Phi) is 4.69. The third-order valence-electron chi connectivity index (χ3n) is 4.01. The van der Waals surface area contributed by atoms with E-state index in [0.717, 1.165) is 32.1 Å². The molecular formula is C18H20N2O3S. The third kappa shape index (κ3) is 2.95. The maximum atomic E-state index is 12.6. The number of hydrogen-bond donors (Lipinski definition) is 1. The number of aromatic nitrogens is 2. The molecule has 6 heteroatoms. The van der Waals surface area contributed by atoms with Crippen LogP contribution in [0, 0.1) is 13.8 Å². The lowest BCUT2D eigenvalue weighted by Crippen LogP contribution is -2.12. The van der Waals surface area contributed by atoms with Crippen molar-refractivity contribution in [1.82, 2.24) is 9.97 Å². The average Bonchev–Trinajstić information content (AvgIpc) is 2.89. The summed E-state index contributed by atoms with van der Waals surface area (Å²) in [6, 6.07) is 5.96. The van der Waals surface area contributed by atoms with Gasteiger partial charge in [-0.3, -0.25) is 4.79 Å². The second-order valence-corrected chi connectivity index (χ2v) is 6.86. The molecule has 5 nitrogen and oxygen atoms in total. The molecular weight excluding hydrogens is 324 g/mol. The van der Waals surface area contributed by atoms with Crippen molar-refractivity contribution in [3.05, 3.63) is 44.8 Å². The molecule has 0 aliphatic rings. The molecule has 0 fully saturated rings. The molecule has 0 radical (unpaired) electrons. The van der Waals surface area contributed by atoms with Crippen molar-refractivity contribution in [2.45, 2.75) is 20.3 Å². The number of benzene rings is 1. The molecule has 0 spiro atoms. The van der Waals surface area contributed by atoms with Crippen LogP contribution in [0.25, 0.3) is 21.3 Å². The Labute approximate surface area is 144 Å². The van der Waals surface area contributed by atoms with Crippen molar-refractivity contribution in [3.63, 3.8) is 0 Å². The van der Waals surface area contributed by atoms with Gasteiger partial charge in [-0.1, -0.05) is 6.07 Å². The molecule has 0 amide bonds. The van der Waals surface area contributed by atoms with Crippen LogP contribution in [0.1, 0.15) is 16.3 Å². The molecule has 0 saturated carbocycles. The maximum Gasteiger partial charge on any atom is 0.260 e. The van der Waals surface area contributed by atoms with Gasteiger partial charge < -0.3 is 14.5 Å². The van der Waals surface area contributed by atoms with Crippen LogP contribution in [0.5, 0.6) is 5.75 Å². The van der Waals surface area contributed by atoms with Crippen molar-refractivity contribution in [3.8, 4) is 16.9 Å². The fraction of sp³-hybridized carbons (Fsp3) is 0.333. The molecule has 0 aliphatic carbocycles. The van der Waals surface area contributed by atoms with Crippen molar-refractivity contribution < 1.29 is 9.47 Å². The molecule has 1 aromatic carbocycles. The summed E-state index contributed by atoms with van der Waals surface area (Å²) in [4.78, 5) is 21.9. The van der Waals surface area contributed by atoms with E-state index in [-0.39, 0.29) is 5.56 Å². The van der Waals surface area contributed by atoms with Gasteiger partial charge in [0.25, 0.3) is 5.56 Å². The number of aromatic amines is 1. The number of ether oxygens (including phenoxy) is 2. The zero-order valence-corrected chi connectivity index (χ0v) is 15.0. The Morgan fingerprint density at radius 1 is 1.25 bits per heavy atom. The van der Waals surface area contributed by atoms with Gasteiger partial charge in [-0.25, -0.2) is 4.98 Å². The normalized spacial score (nSPS) is 11.2. The van der Waals surface area contributed by atoms with Gasteiger partial charge in [0.2, 0.25) is 0 Å². The van der Waals surface area contributed by atoms with Crippen molar-refractivity contribution >= 4 is 21.6 Å². The molecule has 0 atom stereocenters. The quantitative estimate of drug-likeness (QED) is 0.770. The fourth-order valence-corrected chi connectivity index (χ4v) is 3.93. The highest BCUT2D eigenvalue weighted by Crippen LogP contribution is 2.37. The zero-order valence-electron chi connectivity index (χ0n) is 14.2. The fourth-order valence-electron chi connectivity index (χ4n) is 2.86. The van der Waals surface area contributed by atoms with Gasteiger partial charge in [-0.15, -0.1) is 11.3 Å². The van der Waals surface area contributed by atoms with Gasteiger partial charge in [0.05, 0.1) is 19.1 Å². The monoisotopic (exact) mass is 344 g/mol. The standard InChI is InChI=1S/C18H20N2O3S/c1-10-9-12(5-6-13(10)23-4)15-11(2)24-18-16(15)17(21)19-14(20-18)7-8-22-3/h5-6,9H,7-8H2,1-4H3,(H,19,20,21). The lowest BCUT2D eigenvalue weighted by Gasteiger charge is -2.08. The van der Waals surface area contributed by atoms with Gasteiger partial charge in [-0.2, -0.15) is 0 Å². The molecule has 3 rings (SSSR count). The first-order valence-corrected chi connectivity index (χ1v) is 8.53. The molecule has 24 heavy (non-hydrogen) atoms. The van der Waals surface area contributed by atoms with Crippen molar-refractivity contribution in [1.29, 1.82) is 0 Å². The highest BCUT2D eigenvalue weighted by atomic mass is 32.1. The molecule has 2 heterocycles. The van der Waals surface area contributed by atoms with Crippen LogP contribution in [0.15, 0.2) is 23.0 Å². The number of thiophene rings is 1. The highest BCUT2D eigenvalue weighted by molar-refractivity contribution is 7.19. The number of fused-ring (bicyclic) bond motifs is 1. The predicted molar refractivity (Wildman–Crippen MR) is 97.3 cm³/mol. The summed E-state index contributed by atoms with van der Waals surface area (Å²) in [5.74, 6) is 1.50. The summed E-state index contributed by atoms with van der Waals surface area (Å²) in [6.45, 7) is 4.55. The van der Waals surface area contributed by atoms with E-state index in [4.69, 9.17) is 9.47 Å². The second-order valence-electron chi connectivity index (χ2n) is 5.65. The largest absolute Gasteiger partial charge is 0.496 e. The Balaban J connectivity index is 2.17. The minimum absolute atomic E-state index is 0.0982. The van der Waals surface area contributed by atoms with E-state index in [0.29, 0.717) is 24.2 Å². The number of H-pyrrole nitrogens is 1. The van der Waals surface area contributed by atoms with Gasteiger partial charge in [-0.05, 0) is 37.1 Å². The molecule has 0 aliphatic heterocycles. The smallest absolute Gasteiger partial charge is 0.260 e. The summed E-state index contributed by atoms with van der Waals surface area (Å²) in [5.41, 5.74) is 2.90. The maximum absolute atomic E-state index is 12.6. The lowest BCUT2D eigenvalue weighted by atomic mass is 10.0. The molecule has 2 aromatic heterocycles. The summed E-state index contributed by atoms with van der Waals surface area (Å²) in [7, 11) is 3.29. The molecule has 3 aromatic rings. The first-order valence-electron chi connectivity index (χ1n) is 7.71. The number of methoxy groups -OCH3 is 2. The van der Waals surface area contributed by atoms with Crippen LogP contribution >= 0.6 is 11.3 Å². The van der Waals surface area contributed by atoms with E-state index in [9.17, 15) is 4.79 Å². The van der Waals surface area contributed by atoms with Crippen LogP contribution in [-0.4, -0.2) is 30.8 Å². The molecule has 0 saturated heterocycles. The van der Waals surface area contributed by atoms with Crippen LogP contribution in [-0.2, 0) is 11.2 Å². The van der Waals surface area contributed by atoms with Gasteiger partial charge >= 0.3 is 0 Å². The van der Waals surface area contributed by atoms with E-state index in [1.165, 1.54) is 0 Å². The SMILES string of the molecule is COCCc1nc2sc(C)c(-c3ccc(OC)c(C)c3)c2c(=O)[nH]1. The Morgan fingerprint density at radius 3 is 2.71 bits per heavy atom. The average molecular weight is 344 g/mol. The van der Waals surface area contributed by atoms with Crippen LogP contribution in [0.4, 0.5) is 0 Å². The van der Waals surface area contributed by atoms with E-state index in [1.54, 1.807) is 25.6 Å². The summed E-state index contributed by atoms with van der Waals surface area (Å²) < 4.78 is 10.4. The van der Waals surface area contributed by atoms with Crippen LogP contribution in [0.2, 0.25) is 0 Å². The second kappa shape index (κ2) is 6.75. The lowest BCUT2D eigenvalue weighted by molar-refractivity contribution is 0.200. The van der Waals surface area contributed by atoms with Gasteiger partial charge in [0.15, 0.2) is 0 Å². The van der Waals surface area contributed by atoms with E-state index in [1.807, 2.05) is 32.0 Å². The number of rotatable bonds is 5. The van der Waals surface area contributed by atoms with Gasteiger partial charge in [0, 0.05) is 24.0 Å². The highest BCUT2D eigenvalue weighted by Gasteiger charge is 2.17.